The number of rotatable bonds is 8. The number of phenolic OH excluding ortho intramolecular Hbond substituents is 2. The number of aromatic hydroxyl groups is 2. The SMILES string of the molecule is CCCCN(C)C(=O)c1cc(C(=O)N2Cc3ccc(CCC(=O)O)cc3C2)c(O)cc1O. The van der Waals surface area contributed by atoms with Crippen molar-refractivity contribution in [3.05, 3.63) is 58.1 Å². The number of fused-ring (bicyclic) bond motifs is 1. The summed E-state index contributed by atoms with van der Waals surface area (Å²) < 4.78 is 0. The van der Waals surface area contributed by atoms with Gasteiger partial charge in [0.15, 0.2) is 0 Å². The van der Waals surface area contributed by atoms with Gasteiger partial charge in [0.05, 0.1) is 11.1 Å². The Bertz CT molecular complexity index is 1050. The van der Waals surface area contributed by atoms with Crippen molar-refractivity contribution in [2.45, 2.75) is 45.7 Å². The summed E-state index contributed by atoms with van der Waals surface area (Å²) in [4.78, 5) is 39.7. The fourth-order valence-corrected chi connectivity index (χ4v) is 3.79. The fraction of sp³-hybridized carbons (Fsp3) is 0.375. The summed E-state index contributed by atoms with van der Waals surface area (Å²) >= 11 is 0. The molecule has 0 saturated heterocycles. The molecular weight excluding hydrogens is 412 g/mol. The largest absolute Gasteiger partial charge is 0.507 e. The fourth-order valence-electron chi connectivity index (χ4n) is 3.79. The van der Waals surface area contributed by atoms with Gasteiger partial charge in [-0.15, -0.1) is 0 Å². The number of benzene rings is 2. The van der Waals surface area contributed by atoms with Gasteiger partial charge in [0, 0.05) is 39.2 Å². The zero-order chi connectivity index (χ0) is 23.4. The van der Waals surface area contributed by atoms with Gasteiger partial charge < -0.3 is 25.1 Å². The van der Waals surface area contributed by atoms with E-state index in [1.54, 1.807) is 11.9 Å². The molecule has 2 aromatic carbocycles. The van der Waals surface area contributed by atoms with Crippen molar-refractivity contribution >= 4 is 17.8 Å². The van der Waals surface area contributed by atoms with Crippen molar-refractivity contribution in [2.24, 2.45) is 0 Å². The number of amides is 2. The standard InChI is InChI=1S/C24H28N2O6/c1-3-4-9-25(2)23(31)18-11-19(21(28)12-20(18)27)24(32)26-13-16-7-5-15(6-8-22(29)30)10-17(16)14-26/h5,7,10-12,27-28H,3-4,6,8-9,13-14H2,1-2H3,(H,29,30). The number of aryl methyl sites for hydroxylation is 1. The Morgan fingerprint density at radius 2 is 1.69 bits per heavy atom. The molecule has 3 N–H and O–H groups in total. The number of carbonyl (C=O) groups is 3. The second kappa shape index (κ2) is 9.72. The number of hydrogen-bond donors (Lipinski definition) is 3. The van der Waals surface area contributed by atoms with Gasteiger partial charge >= 0.3 is 5.97 Å². The lowest BCUT2D eigenvalue weighted by molar-refractivity contribution is -0.136. The maximum atomic E-state index is 13.1. The number of phenols is 2. The van der Waals surface area contributed by atoms with Crippen LogP contribution in [0.3, 0.4) is 0 Å². The van der Waals surface area contributed by atoms with Crippen LogP contribution in [0, 0.1) is 0 Å². The van der Waals surface area contributed by atoms with Gasteiger partial charge in [-0.3, -0.25) is 14.4 Å². The molecule has 0 bridgehead atoms. The predicted octanol–water partition coefficient (Wildman–Crippen LogP) is 3.14. The molecule has 0 aliphatic carbocycles. The summed E-state index contributed by atoms with van der Waals surface area (Å²) in [6.45, 7) is 3.18. The number of carbonyl (C=O) groups excluding carboxylic acids is 2. The van der Waals surface area contributed by atoms with E-state index in [9.17, 15) is 24.6 Å². The van der Waals surface area contributed by atoms with E-state index in [1.165, 1.54) is 11.0 Å². The molecule has 0 spiro atoms. The van der Waals surface area contributed by atoms with E-state index >= 15 is 0 Å². The molecule has 0 radical (unpaired) electrons. The molecule has 1 heterocycles. The average molecular weight is 440 g/mol. The highest BCUT2D eigenvalue weighted by Crippen LogP contribution is 2.32. The lowest BCUT2D eigenvalue weighted by Crippen LogP contribution is -2.29. The summed E-state index contributed by atoms with van der Waals surface area (Å²) in [6.07, 6.45) is 2.17. The van der Waals surface area contributed by atoms with Gasteiger partial charge in [0.25, 0.3) is 11.8 Å². The second-order valence-corrected chi connectivity index (χ2v) is 8.12. The minimum absolute atomic E-state index is 0.0302. The molecule has 1 aliphatic rings. The summed E-state index contributed by atoms with van der Waals surface area (Å²) in [6, 6.07) is 7.92. The Labute approximate surface area is 186 Å². The van der Waals surface area contributed by atoms with Crippen molar-refractivity contribution in [3.8, 4) is 11.5 Å². The Kier molecular flexibility index (Phi) is 7.02. The van der Waals surface area contributed by atoms with Crippen LogP contribution in [-0.4, -0.2) is 56.5 Å². The summed E-state index contributed by atoms with van der Waals surface area (Å²) in [5.74, 6) is -2.50. The van der Waals surface area contributed by atoms with Gasteiger partial charge in [-0.2, -0.15) is 0 Å². The summed E-state index contributed by atoms with van der Waals surface area (Å²) in [5, 5.41) is 29.4. The third-order valence-electron chi connectivity index (χ3n) is 5.68. The monoisotopic (exact) mass is 440 g/mol. The van der Waals surface area contributed by atoms with Crippen LogP contribution < -0.4 is 0 Å². The van der Waals surface area contributed by atoms with Crippen LogP contribution in [0.5, 0.6) is 11.5 Å². The van der Waals surface area contributed by atoms with Crippen LogP contribution in [0.15, 0.2) is 30.3 Å². The first-order valence-electron chi connectivity index (χ1n) is 10.6. The molecule has 8 heteroatoms. The summed E-state index contributed by atoms with van der Waals surface area (Å²) in [5.41, 5.74) is 2.68. The average Bonchev–Trinajstić information content (AvgIpc) is 3.18. The van der Waals surface area contributed by atoms with Crippen molar-refractivity contribution in [1.82, 2.24) is 9.80 Å². The Balaban J connectivity index is 1.80. The van der Waals surface area contributed by atoms with Crippen LogP contribution in [0.25, 0.3) is 0 Å². The van der Waals surface area contributed by atoms with Gasteiger partial charge in [0.2, 0.25) is 0 Å². The summed E-state index contributed by atoms with van der Waals surface area (Å²) in [7, 11) is 1.63. The molecule has 2 amide bonds. The van der Waals surface area contributed by atoms with E-state index in [-0.39, 0.29) is 23.3 Å². The number of aliphatic carboxylic acids is 1. The van der Waals surface area contributed by atoms with Gasteiger partial charge in [-0.05, 0) is 35.6 Å². The quantitative estimate of drug-likeness (QED) is 0.580. The van der Waals surface area contributed by atoms with Crippen LogP contribution in [0.4, 0.5) is 0 Å². The molecule has 32 heavy (non-hydrogen) atoms. The first-order valence-corrected chi connectivity index (χ1v) is 10.6. The van der Waals surface area contributed by atoms with Gasteiger partial charge in [0.1, 0.15) is 11.5 Å². The molecule has 3 rings (SSSR count). The maximum absolute atomic E-state index is 13.1. The Hall–Kier alpha value is -3.55. The maximum Gasteiger partial charge on any atom is 0.303 e. The van der Waals surface area contributed by atoms with Crippen molar-refractivity contribution in [1.29, 1.82) is 0 Å². The molecule has 2 aromatic rings. The highest BCUT2D eigenvalue weighted by atomic mass is 16.4. The lowest BCUT2D eigenvalue weighted by Gasteiger charge is -2.20. The highest BCUT2D eigenvalue weighted by molar-refractivity contribution is 6.03. The molecule has 8 nitrogen and oxygen atoms in total. The van der Waals surface area contributed by atoms with E-state index in [0.29, 0.717) is 26.1 Å². The lowest BCUT2D eigenvalue weighted by atomic mass is 10.0. The Morgan fingerprint density at radius 3 is 2.38 bits per heavy atom. The van der Waals surface area contributed by atoms with Gasteiger partial charge in [-0.25, -0.2) is 0 Å². The van der Waals surface area contributed by atoms with E-state index in [2.05, 4.69) is 0 Å². The molecule has 0 atom stereocenters. The number of nitrogens with zero attached hydrogens (tertiary/aromatic N) is 2. The number of unbranched alkanes of at least 4 members (excludes halogenated alkanes) is 1. The normalized spacial score (nSPS) is 12.5. The number of carboxylic acids is 1. The van der Waals surface area contributed by atoms with E-state index in [4.69, 9.17) is 5.11 Å². The van der Waals surface area contributed by atoms with E-state index in [0.717, 1.165) is 35.6 Å². The molecule has 0 aromatic heterocycles. The molecule has 170 valence electrons. The van der Waals surface area contributed by atoms with Crippen LogP contribution in [0.1, 0.15) is 63.6 Å². The molecule has 0 unspecified atom stereocenters. The van der Waals surface area contributed by atoms with Crippen molar-refractivity contribution in [3.63, 3.8) is 0 Å². The molecule has 0 saturated carbocycles. The Morgan fingerprint density at radius 1 is 1.00 bits per heavy atom. The van der Waals surface area contributed by atoms with Crippen LogP contribution >= 0.6 is 0 Å². The predicted molar refractivity (Wildman–Crippen MR) is 118 cm³/mol. The minimum atomic E-state index is -0.865. The minimum Gasteiger partial charge on any atom is -0.507 e. The highest BCUT2D eigenvalue weighted by Gasteiger charge is 2.28. The molecular formula is C24H28N2O6. The van der Waals surface area contributed by atoms with E-state index < -0.39 is 23.5 Å². The van der Waals surface area contributed by atoms with Crippen molar-refractivity contribution < 1.29 is 29.7 Å². The van der Waals surface area contributed by atoms with Gasteiger partial charge in [-0.1, -0.05) is 31.5 Å². The first-order chi connectivity index (χ1) is 15.2. The second-order valence-electron chi connectivity index (χ2n) is 8.12. The number of carboxylic acid groups (broad SMARTS) is 1. The third kappa shape index (κ3) is 5.01. The molecule has 0 fully saturated rings. The first kappa shape index (κ1) is 23.1. The van der Waals surface area contributed by atoms with Crippen molar-refractivity contribution in [2.75, 3.05) is 13.6 Å². The van der Waals surface area contributed by atoms with E-state index in [1.807, 2.05) is 25.1 Å². The smallest absolute Gasteiger partial charge is 0.303 e. The number of hydrogen-bond acceptors (Lipinski definition) is 5. The zero-order valence-corrected chi connectivity index (χ0v) is 18.3. The van der Waals surface area contributed by atoms with Crippen LogP contribution in [0.2, 0.25) is 0 Å². The van der Waals surface area contributed by atoms with Crippen LogP contribution in [-0.2, 0) is 24.3 Å². The topological polar surface area (TPSA) is 118 Å². The zero-order valence-electron chi connectivity index (χ0n) is 18.3. The molecule has 1 aliphatic heterocycles. The third-order valence-corrected chi connectivity index (χ3v) is 5.68.